The molecule has 354 valence electrons. The first kappa shape index (κ1) is 50.0. The summed E-state index contributed by atoms with van der Waals surface area (Å²) in [5.41, 5.74) is 5.70. The van der Waals surface area contributed by atoms with Gasteiger partial charge in [-0.05, 0) is 111 Å². The highest BCUT2D eigenvalue weighted by atomic mass is 32.2. The van der Waals surface area contributed by atoms with Crippen LogP contribution in [0.1, 0.15) is 88.5 Å². The number of halogens is 2. The summed E-state index contributed by atoms with van der Waals surface area (Å²) in [6.07, 6.45) is -0.911. The number of methoxy groups -OCH3 is 2. The number of amides is 2. The fourth-order valence-corrected chi connectivity index (χ4v) is 10.6. The minimum absolute atomic E-state index is 0.00571. The lowest BCUT2D eigenvalue weighted by atomic mass is 9.74. The minimum atomic E-state index is -1.30. The number of hydrogen-bond donors (Lipinski definition) is 2. The lowest BCUT2D eigenvalue weighted by Gasteiger charge is -2.47. The van der Waals surface area contributed by atoms with Crippen LogP contribution >= 0.6 is 23.5 Å². The second-order valence-electron chi connectivity index (χ2n) is 18.6. The molecule has 2 fully saturated rings. The number of hydrogen-bond acceptors (Lipinski definition) is 15. The Balaban J connectivity index is 0.000000227. The number of benzene rings is 2. The molecular formula is C46H60F2N6O9S2. The van der Waals surface area contributed by atoms with Gasteiger partial charge in [-0.15, -0.1) is 0 Å². The highest BCUT2D eigenvalue weighted by Gasteiger charge is 2.52. The number of aryl methyl sites for hydroxylation is 1. The van der Waals surface area contributed by atoms with Gasteiger partial charge in [0.25, 0.3) is 0 Å². The molecule has 65 heavy (non-hydrogen) atoms. The van der Waals surface area contributed by atoms with Crippen LogP contribution in [0.3, 0.4) is 0 Å². The summed E-state index contributed by atoms with van der Waals surface area (Å²) in [6.45, 7) is 14.5. The largest absolute Gasteiger partial charge is 0.443 e. The van der Waals surface area contributed by atoms with Crippen LogP contribution in [0.25, 0.3) is 11.3 Å². The van der Waals surface area contributed by atoms with E-state index in [1.165, 1.54) is 54.7 Å². The fraction of sp³-hybridized carbons (Fsp3) is 0.565. The zero-order valence-electron chi connectivity index (χ0n) is 38.6. The smallest absolute Gasteiger partial charge is 0.426 e. The van der Waals surface area contributed by atoms with Crippen molar-refractivity contribution < 1.29 is 51.6 Å². The number of imide groups is 1. The average molecular weight is 943 g/mol. The molecule has 0 bridgehead atoms. The van der Waals surface area contributed by atoms with E-state index in [0.717, 1.165) is 34.0 Å². The molecule has 3 aromatic rings. The quantitative estimate of drug-likeness (QED) is 0.205. The number of ketones is 1. The lowest BCUT2D eigenvalue weighted by Crippen LogP contribution is -2.54. The third kappa shape index (κ3) is 11.6. The van der Waals surface area contributed by atoms with Crippen LogP contribution in [-0.4, -0.2) is 119 Å². The van der Waals surface area contributed by atoms with Crippen LogP contribution in [0.5, 0.6) is 0 Å². The molecule has 7 rings (SSSR count). The van der Waals surface area contributed by atoms with Crippen molar-refractivity contribution in [2.45, 2.75) is 103 Å². The van der Waals surface area contributed by atoms with Gasteiger partial charge in [-0.2, -0.15) is 10.00 Å². The number of aromatic amines is 1. The topological polar surface area (TPSA) is 189 Å². The summed E-state index contributed by atoms with van der Waals surface area (Å²) in [5, 5.41) is 7.70. The van der Waals surface area contributed by atoms with Crippen LogP contribution in [0.15, 0.2) is 52.4 Å². The maximum absolute atomic E-state index is 15.5. The molecule has 1 aromatic heterocycles. The third-order valence-corrected chi connectivity index (χ3v) is 13.4. The Bertz CT molecular complexity index is 2270. The number of aliphatic imine (C=N–C) groups is 2. The van der Waals surface area contributed by atoms with Crippen LogP contribution in [0.4, 0.5) is 18.4 Å². The van der Waals surface area contributed by atoms with Gasteiger partial charge in [0.2, 0.25) is 0 Å². The highest BCUT2D eigenvalue weighted by Crippen LogP contribution is 2.49. The van der Waals surface area contributed by atoms with Gasteiger partial charge in [-0.1, -0.05) is 23.5 Å². The predicted molar refractivity (Wildman–Crippen MR) is 246 cm³/mol. The number of nitrogens with two attached hydrogens (primary N) is 1. The Hall–Kier alpha value is -4.40. The summed E-state index contributed by atoms with van der Waals surface area (Å²) in [5.74, 6) is -0.0293. The number of H-pyrrole nitrogens is 1. The Morgan fingerprint density at radius 3 is 1.85 bits per heavy atom. The van der Waals surface area contributed by atoms with Crippen LogP contribution in [0, 0.1) is 30.4 Å². The van der Waals surface area contributed by atoms with Crippen molar-refractivity contribution in [1.82, 2.24) is 15.1 Å². The number of Topliss-reactive ketones (excluding diaryl/α,β-unsaturated/α-hetero) is 1. The zero-order chi connectivity index (χ0) is 47.5. The number of carbonyl (C=O) groups excluding carboxylic acids is 3. The first-order valence-electron chi connectivity index (χ1n) is 21.4. The molecule has 0 saturated carbocycles. The van der Waals surface area contributed by atoms with Gasteiger partial charge < -0.3 is 34.2 Å². The Morgan fingerprint density at radius 2 is 1.34 bits per heavy atom. The van der Waals surface area contributed by atoms with Gasteiger partial charge in [0.1, 0.15) is 33.9 Å². The van der Waals surface area contributed by atoms with Gasteiger partial charge in [0.05, 0.1) is 44.3 Å². The number of aromatic nitrogens is 2. The predicted octanol–water partition coefficient (Wildman–Crippen LogP) is 8.38. The first-order valence-corrected chi connectivity index (χ1v) is 23.4. The minimum Gasteiger partial charge on any atom is -0.443 e. The number of rotatable bonds is 8. The Morgan fingerprint density at radius 1 is 0.815 bits per heavy atom. The molecule has 2 saturated heterocycles. The molecule has 0 unspecified atom stereocenters. The molecule has 0 radical (unpaired) electrons. The highest BCUT2D eigenvalue weighted by molar-refractivity contribution is 8.14. The van der Waals surface area contributed by atoms with E-state index < -0.39 is 40.3 Å². The van der Waals surface area contributed by atoms with Gasteiger partial charge >= 0.3 is 12.2 Å². The lowest BCUT2D eigenvalue weighted by molar-refractivity contribution is -0.0840. The molecular weight excluding hydrogens is 883 g/mol. The summed E-state index contributed by atoms with van der Waals surface area (Å²) >= 11 is 2.70. The molecule has 4 aliphatic rings. The number of nitrogens with one attached hydrogen (secondary N) is 1. The van der Waals surface area contributed by atoms with E-state index in [4.69, 9.17) is 44.1 Å². The van der Waals surface area contributed by atoms with E-state index in [1.54, 1.807) is 61.8 Å². The normalized spacial score (nSPS) is 25.4. The Labute approximate surface area is 387 Å². The zero-order valence-corrected chi connectivity index (χ0v) is 40.3. The third-order valence-electron chi connectivity index (χ3n) is 11.3. The van der Waals surface area contributed by atoms with Crippen molar-refractivity contribution >= 4 is 51.8 Å². The van der Waals surface area contributed by atoms with E-state index in [9.17, 15) is 18.8 Å². The van der Waals surface area contributed by atoms with E-state index in [1.807, 2.05) is 19.1 Å². The molecule has 19 heteroatoms. The molecule has 2 amide bonds. The second-order valence-corrected chi connectivity index (χ2v) is 20.7. The van der Waals surface area contributed by atoms with Gasteiger partial charge in [-0.3, -0.25) is 9.89 Å². The summed E-state index contributed by atoms with van der Waals surface area (Å²) < 4.78 is 64.1. The van der Waals surface area contributed by atoms with Crippen molar-refractivity contribution in [3.8, 4) is 11.3 Å². The number of fused-ring (bicyclic) bond motifs is 2. The summed E-state index contributed by atoms with van der Waals surface area (Å²) in [7, 11) is 3.23. The molecule has 0 aliphatic carbocycles. The maximum Gasteiger partial charge on any atom is 0.426 e. The molecule has 0 spiro atoms. The van der Waals surface area contributed by atoms with Crippen molar-refractivity contribution in [2.24, 2.45) is 27.6 Å². The number of amidine groups is 2. The average Bonchev–Trinajstić information content (AvgIpc) is 3.66. The van der Waals surface area contributed by atoms with Crippen LogP contribution in [-0.2, 0) is 39.5 Å². The van der Waals surface area contributed by atoms with Crippen molar-refractivity contribution in [3.63, 3.8) is 0 Å². The molecule has 15 nitrogen and oxygen atoms in total. The fourth-order valence-electron chi connectivity index (χ4n) is 8.28. The van der Waals surface area contributed by atoms with E-state index >= 15 is 4.39 Å². The molecule has 5 heterocycles. The molecule has 4 aliphatic heterocycles. The van der Waals surface area contributed by atoms with Crippen LogP contribution < -0.4 is 5.73 Å². The summed E-state index contributed by atoms with van der Waals surface area (Å²) in [4.78, 5) is 49.0. The monoisotopic (exact) mass is 942 g/mol. The first-order chi connectivity index (χ1) is 30.6. The van der Waals surface area contributed by atoms with E-state index in [-0.39, 0.29) is 59.6 Å². The molecule has 6 atom stereocenters. The number of carbonyl (C=O) groups is 3. The Kier molecular flexibility index (Phi) is 15.6. The number of nitrogens with zero attached hydrogens (tertiary/aromatic N) is 4. The van der Waals surface area contributed by atoms with E-state index in [0.29, 0.717) is 41.7 Å². The van der Waals surface area contributed by atoms with E-state index in [2.05, 4.69) is 10.2 Å². The van der Waals surface area contributed by atoms with Crippen molar-refractivity contribution in [3.05, 3.63) is 76.5 Å². The van der Waals surface area contributed by atoms with Crippen molar-refractivity contribution in [2.75, 3.05) is 52.2 Å². The van der Waals surface area contributed by atoms with Gasteiger partial charge in [-0.25, -0.2) is 28.4 Å². The number of thioether (sulfide) groups is 2. The standard InChI is InChI=1S/C27H37FN2O7S.C19H23FN4O2S/c1-16(31)17-9-10-21(28)20(11-17)27-15-35-19(13-34-8)12-18(27)14-38-22(29-27)30(23(32)36-25(2,3)4)24(33)37-26(5,6)7;1-11-5-17(24-23-11)12-3-4-16(20)15(6-12)19-10-26-14(8-25-2)7-13(19)9-27-18(21)22-19/h9-11,18-19H,12-15H2,1-8H3;3-6,13-14H,7-10H2,1-2H3,(H2,21,22)(H,23,24)/t18-,19+,27-;13-,14+,19-/m00/s1. The maximum atomic E-state index is 15.5. The SMILES string of the molecule is COC[C@H]1C[C@H]2CSC(N(C(=O)OC(C)(C)C)C(=O)OC(C)(C)C)=N[C@@]2(c2cc(C(C)=O)ccc2F)CO1.COC[C@H]1C[C@H]2CSC(N)=N[C@@]2(c2cc(-c3cc(C)[nH]n3)ccc2F)CO1. The molecule has 2 aromatic carbocycles. The number of ether oxygens (including phenoxy) is 6. The summed E-state index contributed by atoms with van der Waals surface area (Å²) in [6, 6.07) is 11.1. The second kappa shape index (κ2) is 20.2. The van der Waals surface area contributed by atoms with Crippen molar-refractivity contribution in [1.29, 1.82) is 0 Å². The van der Waals surface area contributed by atoms with Gasteiger partial charge in [0.15, 0.2) is 16.1 Å². The van der Waals surface area contributed by atoms with Crippen LogP contribution in [0.2, 0.25) is 0 Å². The van der Waals surface area contributed by atoms with Gasteiger partial charge in [0, 0.05) is 65.5 Å². The molecule has 3 N–H and O–H groups in total.